The Morgan fingerprint density at radius 2 is 1.15 bits per heavy atom. The molecule has 12 nitrogen and oxygen atoms in total. The smallest absolute Gasteiger partial charge is 0 e. The molecule has 2 N–H and O–H groups in total. The van der Waals surface area contributed by atoms with E-state index in [2.05, 4.69) is 275 Å². The van der Waals surface area contributed by atoms with E-state index in [9.17, 15) is 11.0 Å². The zero-order chi connectivity index (χ0) is 108. The molecule has 0 spiro atoms. The summed E-state index contributed by atoms with van der Waals surface area (Å²) in [5.74, 6) is 8.21. The number of hydrogen-bond acceptors (Lipinski definition) is 9. The number of carbonyl (C=O) groups is 2. The maximum atomic E-state index is 10.0. The minimum absolute atomic E-state index is 0. The molecule has 759 valence electrons. The molecule has 7 aromatic heterocycles. The maximum Gasteiger partial charge on any atom is 0 e. The molecule has 3 radical (unpaired) electrons. The van der Waals surface area contributed by atoms with Crippen LogP contribution in [0.4, 0.5) is 0 Å². The number of carbonyl (C=O) groups excluding carboxylic acids is 2. The first kappa shape index (κ1) is 103. The number of allylic oxidation sites excluding steroid dienone is 4. The summed E-state index contributed by atoms with van der Waals surface area (Å²) in [4.78, 5) is 43.0. The van der Waals surface area contributed by atoms with Crippen molar-refractivity contribution in [3.8, 4) is 67.4 Å². The molecule has 12 aromatic carbocycles. The van der Waals surface area contributed by atoms with Crippen molar-refractivity contribution >= 4 is 113 Å². The van der Waals surface area contributed by atoms with Gasteiger partial charge in [-0.3, -0.25) is 14.6 Å². The van der Waals surface area contributed by atoms with Gasteiger partial charge in [0.15, 0.2) is 17.3 Å². The second kappa shape index (κ2) is 54.8. The van der Waals surface area contributed by atoms with Gasteiger partial charge in [-0.25, -0.2) is 4.57 Å². The number of nitrogens with zero attached hydrogens (tertiary/aromatic N) is 8. The van der Waals surface area contributed by atoms with E-state index in [0.29, 0.717) is 22.8 Å². The van der Waals surface area contributed by atoms with E-state index in [4.69, 9.17) is 36.6 Å². The van der Waals surface area contributed by atoms with Gasteiger partial charge in [-0.15, -0.1) is 136 Å². The fraction of sp³-hybridized carbons (Fsp3) is 0.242. The number of rotatable bonds is 11. The summed E-state index contributed by atoms with van der Waals surface area (Å²) in [5, 5.41) is 25.9. The molecule has 0 unspecified atom stereocenters. The van der Waals surface area contributed by atoms with Crippen molar-refractivity contribution in [2.75, 3.05) is 0 Å². The van der Waals surface area contributed by atoms with Gasteiger partial charge in [-0.05, 0) is 165 Å². The van der Waals surface area contributed by atoms with E-state index < -0.39 is 45.8 Å². The van der Waals surface area contributed by atoms with Gasteiger partial charge in [-0.2, -0.15) is 4.40 Å². The molecule has 9 heterocycles. The molecular formula is C128H146GeIr3N8O4Si-2. The zero-order valence-corrected chi connectivity index (χ0v) is 92.3. The van der Waals surface area contributed by atoms with Crippen LogP contribution >= 0.6 is 0 Å². The fourth-order valence-electron chi connectivity index (χ4n) is 17.0. The molecule has 0 saturated carbocycles. The quantitative estimate of drug-likeness (QED) is 0.0322. The Labute approximate surface area is 927 Å². The van der Waals surface area contributed by atoms with Crippen LogP contribution in [-0.4, -0.2) is 72.6 Å². The fourth-order valence-corrected chi connectivity index (χ4v) is 20.9. The van der Waals surface area contributed by atoms with Crippen LogP contribution in [0.15, 0.2) is 321 Å². The van der Waals surface area contributed by atoms with Gasteiger partial charge in [0, 0.05) is 129 Å². The minimum atomic E-state index is -2.91. The number of aliphatic hydroxyl groups excluding tert-OH is 2. The SMILES string of the molecule is C.C.C.C.C.C.CC(=O)C=C(C)O.CC(=O)C=C(C)O.C[Si](C)(C)c1cc(-c2[c-]cccc2)ncc1-c1ccccc1.Cc1[c-]c(-c2nccc3c(C(C)C)cc(C(C)C)cc23)cc(C)c1.Cc1cccnc1-c1[c-]cccc1.Cc1cnc2c3[c-]cccc3c3ccccc3c2n1.[2H]c1c([2H])c(C)c(-c2c([2H])n3c4c5c(c([2H])c([2H])c([2H])c5c5c([2H])c(C)c([2H])c([2H])c5[n+]24)C3)c(C([2H])([2H])[2H])c1[2H].[CH3][Ge]([CH3])([CH3])[c]1ccc2[n+](c1)Cc1ccccc1-2.[Ir].[Ir].[Ir]. The van der Waals surface area contributed by atoms with Gasteiger partial charge in [0.1, 0.15) is 19.6 Å². The van der Waals surface area contributed by atoms with E-state index in [1.54, 1.807) is 4.40 Å². The summed E-state index contributed by atoms with van der Waals surface area (Å²) in [6, 6.07) is 81.6. The summed E-state index contributed by atoms with van der Waals surface area (Å²) < 4.78 is 118. The molecule has 2 aliphatic rings. The molecule has 0 atom stereocenters. The molecular weight excluding hydrogens is 2390 g/mol. The zero-order valence-electron chi connectivity index (χ0n) is 95.0. The first-order valence-electron chi connectivity index (χ1n) is 52.2. The minimum Gasteiger partial charge on any atom is 0 e. The molecule has 0 amide bonds. The van der Waals surface area contributed by atoms with Gasteiger partial charge < -0.3 is 30.1 Å². The Balaban J connectivity index is 0.000000330. The van der Waals surface area contributed by atoms with Crippen molar-refractivity contribution in [3.05, 3.63) is 407 Å². The van der Waals surface area contributed by atoms with E-state index in [1.807, 2.05) is 98.4 Å². The predicted octanol–water partition coefficient (Wildman–Crippen LogP) is 32.1. The second-order valence-corrected chi connectivity index (χ2v) is 52.7. The van der Waals surface area contributed by atoms with Crippen LogP contribution in [0.5, 0.6) is 0 Å². The third-order valence-corrected chi connectivity index (χ3v) is 29.6. The summed E-state index contributed by atoms with van der Waals surface area (Å²) in [5.41, 5.74) is 22.2. The molecule has 0 aliphatic carbocycles. The summed E-state index contributed by atoms with van der Waals surface area (Å²) >= 11 is -1.70. The Bertz CT molecular complexity index is 8410. The number of benzene rings is 12. The van der Waals surface area contributed by atoms with Crippen LogP contribution in [0, 0.1) is 72.7 Å². The van der Waals surface area contributed by atoms with Crippen molar-refractivity contribution in [1.82, 2.24) is 29.5 Å². The molecule has 2 aliphatic heterocycles. The van der Waals surface area contributed by atoms with Crippen LogP contribution in [0.1, 0.15) is 191 Å². The predicted molar refractivity (Wildman–Crippen MR) is 612 cm³/mol. The first-order valence-corrected chi connectivity index (χ1v) is 56.5. The monoisotopic (exact) mass is 2550 g/mol. The van der Waals surface area contributed by atoms with Crippen LogP contribution in [0.3, 0.4) is 0 Å². The molecule has 0 saturated heterocycles. The van der Waals surface area contributed by atoms with Crippen LogP contribution in [-0.2, 0) is 83.0 Å². The van der Waals surface area contributed by atoms with E-state index in [0.717, 1.165) is 73.4 Å². The van der Waals surface area contributed by atoms with Crippen molar-refractivity contribution in [3.63, 3.8) is 0 Å². The second-order valence-electron chi connectivity index (χ2n) is 37.0. The number of aromatic nitrogens is 8. The Morgan fingerprint density at radius 3 is 1.77 bits per heavy atom. The van der Waals surface area contributed by atoms with Crippen LogP contribution < -0.4 is 18.6 Å². The third-order valence-electron chi connectivity index (χ3n) is 23.3. The molecule has 17 heteroatoms. The third kappa shape index (κ3) is 29.6. The molecule has 21 rings (SSSR count). The summed E-state index contributed by atoms with van der Waals surface area (Å²) in [6.45, 7) is 31.1. The number of fused-ring (bicyclic) bond motifs is 13. The topological polar surface area (TPSA) is 152 Å². The number of ketones is 2. The average molecular weight is 2550 g/mol. The van der Waals surface area contributed by atoms with E-state index in [1.165, 1.54) is 140 Å². The Hall–Kier alpha value is -12.3. The number of imidazole rings is 1. The number of pyridine rings is 5. The Morgan fingerprint density at radius 1 is 0.524 bits per heavy atom. The number of aryl methyl sites for hydroxylation is 4. The normalized spacial score (nSPS) is 12.5. The van der Waals surface area contributed by atoms with E-state index >= 15 is 0 Å². The van der Waals surface area contributed by atoms with Crippen molar-refractivity contribution < 1.29 is 107 Å². The Kier molecular flexibility index (Phi) is 38.8. The molecule has 0 fully saturated rings. The van der Waals surface area contributed by atoms with Gasteiger partial charge >= 0.3 is 105 Å². The first-order chi connectivity index (χ1) is 70.5. The average Bonchev–Trinajstić information content (AvgIpc) is 1.50. The van der Waals surface area contributed by atoms with Crippen LogP contribution in [0.2, 0.25) is 36.9 Å². The van der Waals surface area contributed by atoms with Gasteiger partial charge in [0.25, 0.3) is 5.65 Å². The summed E-state index contributed by atoms with van der Waals surface area (Å²) in [7, 11) is -1.48. The van der Waals surface area contributed by atoms with Crippen molar-refractivity contribution in [2.45, 2.75) is 210 Å². The van der Waals surface area contributed by atoms with Crippen molar-refractivity contribution in [2.24, 2.45) is 0 Å². The number of aliphatic hydroxyl groups is 2. The number of hydrogen-bond donors (Lipinski definition) is 2. The molecule has 19 aromatic rings. The summed E-state index contributed by atoms with van der Waals surface area (Å²) in [6.07, 6.45) is 12.0. The molecule has 0 bridgehead atoms. The standard InChI is InChI=1S/C25H21N2.C23H26N.C20H20NSi.C17H11N2.C15H18GeN.C12H10N.2C5H8O2.6CH4.3Ir/c1-15-10-11-21-20(12-15)19-9-5-8-18-13-26-14-22(27(21)25(26)24(18)19)23-16(2)6-4-7-17(23)3;1-14(2)18-12-21(15(3)4)20-7-8-24-23(22(20)13-18)19-10-16(5)9-17(6)11-19;1-22(2,3)20-14-19(17-12-8-5-9-13-17)21-15-18(20)16-10-6-4-7-11-16;1-11-10-18-16-14-8-4-2-6-12(14)13-7-3-5-9-15(13)17(16)19-11;1-16(2,3)13-8-9-15-14-7-5-4-6-12(14)10-17(15)11-13;1-10-6-5-9-13-12(10)11-7-3-2-4-8-11;2*1-4(6)3-5(2)7;;;;;;;;;/h4-12,14H,13H2,1-3H3;7-10,12-15H,1-6H3;4-12,14-15H,1-3H3;2-7,9-10H,1H3;4-9,11H,10H2,1-3H3;2-7,9H,1H3;2*3,6H,1-2H3;6*1H4;;;/q+1;3*-1;+1;-1;;;;;;;;;;;/i2D3,4D,5D,6D,7D,8D,9D,10D,11D,12D,14D;;;;;;;;;;;;;;;;. The van der Waals surface area contributed by atoms with Crippen molar-refractivity contribution in [1.29, 1.82) is 0 Å². The van der Waals surface area contributed by atoms with Crippen LogP contribution in [0.25, 0.3) is 138 Å². The largest absolute Gasteiger partial charge is 0 e. The van der Waals surface area contributed by atoms with Gasteiger partial charge in [0.2, 0.25) is 0 Å². The molecule has 145 heavy (non-hydrogen) atoms. The van der Waals surface area contributed by atoms with Gasteiger partial charge in [-0.1, -0.05) is 254 Å². The maximum absolute atomic E-state index is 10.0. The van der Waals surface area contributed by atoms with E-state index in [-0.39, 0.29) is 227 Å². The van der Waals surface area contributed by atoms with Gasteiger partial charge in [0.05, 0.1) is 48.5 Å².